The van der Waals surface area contributed by atoms with Crippen LogP contribution >= 0.6 is 23.2 Å². The first-order valence-corrected chi connectivity index (χ1v) is 8.72. The average molecular weight is 375 g/mol. The van der Waals surface area contributed by atoms with Gasteiger partial charge in [-0.05, 0) is 36.4 Å². The van der Waals surface area contributed by atoms with E-state index in [0.29, 0.717) is 16.5 Å². The molecule has 1 aromatic heterocycles. The van der Waals surface area contributed by atoms with Crippen molar-refractivity contribution in [1.29, 1.82) is 0 Å². The third-order valence-corrected chi connectivity index (χ3v) is 5.52. The van der Waals surface area contributed by atoms with Gasteiger partial charge in [0.15, 0.2) is 0 Å². The lowest BCUT2D eigenvalue weighted by Crippen LogP contribution is -2.46. The SMILES string of the molecule is CN1[C@H](c2ccc(Cl)cc2Cl)c2[nH]c3ccccc3c2C[C@@H]1C(=O)O. The molecule has 2 heterocycles. The molecule has 2 atom stereocenters. The number of carbonyl (C=O) groups is 1. The molecule has 0 saturated heterocycles. The maximum absolute atomic E-state index is 11.8. The molecule has 0 amide bonds. The molecular weight excluding hydrogens is 359 g/mol. The lowest BCUT2D eigenvalue weighted by molar-refractivity contribution is -0.143. The lowest BCUT2D eigenvalue weighted by atomic mass is 9.88. The van der Waals surface area contributed by atoms with E-state index in [0.717, 1.165) is 27.7 Å². The van der Waals surface area contributed by atoms with Crippen molar-refractivity contribution in [2.75, 3.05) is 7.05 Å². The molecule has 2 N–H and O–H groups in total. The number of likely N-dealkylation sites (N-methyl/N-ethyl adjacent to an activating group) is 1. The van der Waals surface area contributed by atoms with Gasteiger partial charge in [-0.3, -0.25) is 9.69 Å². The number of halogens is 2. The second kappa shape index (κ2) is 6.06. The van der Waals surface area contributed by atoms with Crippen molar-refractivity contribution >= 4 is 40.1 Å². The number of nitrogens with zero attached hydrogens (tertiary/aromatic N) is 1. The first kappa shape index (κ1) is 16.5. The van der Waals surface area contributed by atoms with Crippen LogP contribution in [0.3, 0.4) is 0 Å². The normalized spacial score (nSPS) is 20.6. The molecule has 1 aliphatic rings. The minimum atomic E-state index is -0.839. The van der Waals surface area contributed by atoms with E-state index in [1.807, 2.05) is 42.3 Å². The summed E-state index contributed by atoms with van der Waals surface area (Å²) >= 11 is 12.5. The number of fused-ring (bicyclic) bond motifs is 3. The summed E-state index contributed by atoms with van der Waals surface area (Å²) in [6, 6.07) is 12.4. The zero-order valence-corrected chi connectivity index (χ0v) is 15.0. The fourth-order valence-corrected chi connectivity index (χ4v) is 4.27. The Morgan fingerprint density at radius 1 is 1.24 bits per heavy atom. The van der Waals surface area contributed by atoms with Gasteiger partial charge in [-0.15, -0.1) is 0 Å². The van der Waals surface area contributed by atoms with E-state index in [4.69, 9.17) is 23.2 Å². The predicted molar refractivity (Wildman–Crippen MR) is 99.5 cm³/mol. The van der Waals surface area contributed by atoms with Gasteiger partial charge in [-0.2, -0.15) is 0 Å². The summed E-state index contributed by atoms with van der Waals surface area (Å²) in [6.45, 7) is 0. The van der Waals surface area contributed by atoms with Gasteiger partial charge < -0.3 is 10.1 Å². The molecule has 128 valence electrons. The van der Waals surface area contributed by atoms with Crippen molar-refractivity contribution in [3.05, 3.63) is 69.3 Å². The third-order valence-electron chi connectivity index (χ3n) is 4.96. The van der Waals surface area contributed by atoms with Gasteiger partial charge in [0.25, 0.3) is 0 Å². The van der Waals surface area contributed by atoms with Gasteiger partial charge >= 0.3 is 5.97 Å². The highest BCUT2D eigenvalue weighted by molar-refractivity contribution is 6.35. The van der Waals surface area contributed by atoms with Crippen LogP contribution in [-0.2, 0) is 11.2 Å². The van der Waals surface area contributed by atoms with Crippen LogP contribution in [0.4, 0.5) is 0 Å². The van der Waals surface area contributed by atoms with E-state index >= 15 is 0 Å². The Bertz CT molecular complexity index is 983. The van der Waals surface area contributed by atoms with Crippen LogP contribution in [0.15, 0.2) is 42.5 Å². The molecule has 25 heavy (non-hydrogen) atoms. The van der Waals surface area contributed by atoms with Gasteiger partial charge in [-0.1, -0.05) is 47.5 Å². The summed E-state index contributed by atoms with van der Waals surface area (Å²) in [6.07, 6.45) is 0.451. The molecule has 0 radical (unpaired) electrons. The van der Waals surface area contributed by atoms with Gasteiger partial charge in [0.1, 0.15) is 6.04 Å². The van der Waals surface area contributed by atoms with Crippen LogP contribution in [0, 0.1) is 0 Å². The maximum Gasteiger partial charge on any atom is 0.321 e. The molecule has 6 heteroatoms. The number of aromatic nitrogens is 1. The minimum absolute atomic E-state index is 0.276. The van der Waals surface area contributed by atoms with Crippen molar-refractivity contribution < 1.29 is 9.90 Å². The third kappa shape index (κ3) is 2.61. The Hall–Kier alpha value is -2.01. The molecule has 4 nitrogen and oxygen atoms in total. The summed E-state index contributed by atoms with van der Waals surface area (Å²) in [5, 5.41) is 11.9. The zero-order chi connectivity index (χ0) is 17.7. The Morgan fingerprint density at radius 3 is 2.72 bits per heavy atom. The van der Waals surface area contributed by atoms with Crippen molar-refractivity contribution in [1.82, 2.24) is 9.88 Å². The monoisotopic (exact) mass is 374 g/mol. The van der Waals surface area contributed by atoms with Crippen LogP contribution in [0.5, 0.6) is 0 Å². The number of carboxylic acid groups (broad SMARTS) is 1. The first-order chi connectivity index (χ1) is 12.0. The predicted octanol–water partition coefficient (Wildman–Crippen LogP) is 4.51. The van der Waals surface area contributed by atoms with Gasteiger partial charge in [0, 0.05) is 33.1 Å². The molecule has 0 fully saturated rings. The molecular formula is C19H16Cl2N2O2. The smallest absolute Gasteiger partial charge is 0.321 e. The summed E-state index contributed by atoms with van der Waals surface area (Å²) in [5.74, 6) is -0.839. The topological polar surface area (TPSA) is 56.3 Å². The number of H-pyrrole nitrogens is 1. The molecule has 0 aliphatic carbocycles. The molecule has 2 aromatic carbocycles. The quantitative estimate of drug-likeness (QED) is 0.693. The number of aliphatic carboxylic acids is 1. The summed E-state index contributed by atoms with van der Waals surface area (Å²) in [5.41, 5.74) is 3.87. The standard InChI is InChI=1S/C19H16Cl2N2O2/c1-23-16(19(24)25)9-13-11-4-2-3-5-15(11)22-17(13)18(23)12-7-6-10(20)8-14(12)21/h2-8,16,18,22H,9H2,1H3,(H,24,25)/t16-,18-/m1/s1. The van der Waals surface area contributed by atoms with Crippen molar-refractivity contribution in [2.24, 2.45) is 0 Å². The second-order valence-electron chi connectivity index (χ2n) is 6.35. The number of benzene rings is 2. The first-order valence-electron chi connectivity index (χ1n) is 7.96. The molecule has 3 aromatic rings. The highest BCUT2D eigenvalue weighted by atomic mass is 35.5. The fraction of sp³-hybridized carbons (Fsp3) is 0.211. The maximum atomic E-state index is 11.8. The van der Waals surface area contributed by atoms with E-state index in [9.17, 15) is 9.90 Å². The van der Waals surface area contributed by atoms with Crippen molar-refractivity contribution in [2.45, 2.75) is 18.5 Å². The number of carboxylic acids is 1. The van der Waals surface area contributed by atoms with Gasteiger partial charge in [0.2, 0.25) is 0 Å². The average Bonchev–Trinajstić information content (AvgIpc) is 2.93. The Labute approximate surface area is 155 Å². The number of rotatable bonds is 2. The molecule has 0 unspecified atom stereocenters. The number of para-hydroxylation sites is 1. The highest BCUT2D eigenvalue weighted by Crippen LogP contribution is 2.42. The van der Waals surface area contributed by atoms with Crippen LogP contribution in [0.1, 0.15) is 22.9 Å². The summed E-state index contributed by atoms with van der Waals surface area (Å²) in [4.78, 5) is 17.2. The zero-order valence-electron chi connectivity index (χ0n) is 13.5. The van der Waals surface area contributed by atoms with E-state index in [1.54, 1.807) is 12.1 Å². The molecule has 0 spiro atoms. The van der Waals surface area contributed by atoms with Crippen LogP contribution in [0.25, 0.3) is 10.9 Å². The van der Waals surface area contributed by atoms with Crippen LogP contribution < -0.4 is 0 Å². The van der Waals surface area contributed by atoms with Gasteiger partial charge in [0.05, 0.1) is 6.04 Å². The Morgan fingerprint density at radius 2 is 2.00 bits per heavy atom. The Kier molecular flexibility index (Phi) is 3.99. The minimum Gasteiger partial charge on any atom is -0.480 e. The number of nitrogens with one attached hydrogen (secondary N) is 1. The van der Waals surface area contributed by atoms with E-state index in [2.05, 4.69) is 4.98 Å². The number of hydrogen-bond donors (Lipinski definition) is 2. The van der Waals surface area contributed by atoms with E-state index < -0.39 is 12.0 Å². The lowest BCUT2D eigenvalue weighted by Gasteiger charge is -2.38. The van der Waals surface area contributed by atoms with E-state index in [1.165, 1.54) is 0 Å². The second-order valence-corrected chi connectivity index (χ2v) is 7.20. The molecule has 0 saturated carbocycles. The van der Waals surface area contributed by atoms with Crippen molar-refractivity contribution in [3.8, 4) is 0 Å². The van der Waals surface area contributed by atoms with E-state index in [-0.39, 0.29) is 6.04 Å². The summed E-state index contributed by atoms with van der Waals surface area (Å²) < 4.78 is 0. The highest BCUT2D eigenvalue weighted by Gasteiger charge is 2.39. The number of hydrogen-bond acceptors (Lipinski definition) is 2. The largest absolute Gasteiger partial charge is 0.480 e. The molecule has 0 bridgehead atoms. The van der Waals surface area contributed by atoms with Crippen LogP contribution in [-0.4, -0.2) is 34.0 Å². The molecule has 4 rings (SSSR count). The fourth-order valence-electron chi connectivity index (χ4n) is 3.75. The molecule has 1 aliphatic heterocycles. The van der Waals surface area contributed by atoms with Crippen LogP contribution in [0.2, 0.25) is 10.0 Å². The summed E-state index contributed by atoms with van der Waals surface area (Å²) in [7, 11) is 1.82. The van der Waals surface area contributed by atoms with Crippen molar-refractivity contribution in [3.63, 3.8) is 0 Å². The number of aromatic amines is 1. The van der Waals surface area contributed by atoms with Gasteiger partial charge in [-0.25, -0.2) is 0 Å². The Balaban J connectivity index is 1.97.